The topological polar surface area (TPSA) is 12.0 Å². The predicted molar refractivity (Wildman–Crippen MR) is 63.5 cm³/mol. The third-order valence-corrected chi connectivity index (χ3v) is 4.23. The average Bonchev–Trinajstić information content (AvgIpc) is 2.20. The Morgan fingerprint density at radius 3 is 2.87 bits per heavy atom. The van der Waals surface area contributed by atoms with Crippen LogP contribution in [0, 0.1) is 18.7 Å². The second-order valence-corrected chi connectivity index (χ2v) is 5.37. The number of rotatable bonds is 1. The van der Waals surface area contributed by atoms with Gasteiger partial charge in [0.2, 0.25) is 0 Å². The molecule has 1 N–H and O–H groups in total. The first kappa shape index (κ1) is 11.0. The van der Waals surface area contributed by atoms with Crippen molar-refractivity contribution in [2.45, 2.75) is 19.2 Å². The summed E-state index contributed by atoms with van der Waals surface area (Å²) in [5.41, 5.74) is 2.25. The van der Waals surface area contributed by atoms with Gasteiger partial charge in [0.1, 0.15) is 5.82 Å². The maximum Gasteiger partial charge on any atom is 0.123 e. The van der Waals surface area contributed by atoms with E-state index in [2.05, 4.69) is 12.2 Å². The number of nitrogens with one attached hydrogen (secondary N) is 1. The van der Waals surface area contributed by atoms with E-state index in [1.54, 1.807) is 12.1 Å². The second kappa shape index (κ2) is 4.54. The number of hydrogen-bond donors (Lipinski definition) is 1. The molecule has 0 spiro atoms. The van der Waals surface area contributed by atoms with Crippen molar-refractivity contribution in [2.24, 2.45) is 5.92 Å². The molecule has 0 aliphatic carbocycles. The van der Waals surface area contributed by atoms with Crippen molar-refractivity contribution in [1.82, 2.24) is 5.32 Å². The molecule has 3 heteroatoms. The van der Waals surface area contributed by atoms with Crippen molar-refractivity contribution in [2.75, 3.05) is 12.3 Å². The van der Waals surface area contributed by atoms with Crippen molar-refractivity contribution >= 4 is 11.8 Å². The summed E-state index contributed by atoms with van der Waals surface area (Å²) < 4.78 is 12.9. The van der Waals surface area contributed by atoms with Crippen LogP contribution in [-0.4, -0.2) is 12.3 Å². The van der Waals surface area contributed by atoms with Gasteiger partial charge in [0.15, 0.2) is 0 Å². The number of benzene rings is 1. The number of hydrogen-bond acceptors (Lipinski definition) is 2. The number of halogens is 1. The van der Waals surface area contributed by atoms with Crippen molar-refractivity contribution in [1.29, 1.82) is 0 Å². The summed E-state index contributed by atoms with van der Waals surface area (Å²) >= 11 is 1.91. The summed E-state index contributed by atoms with van der Waals surface area (Å²) in [6, 6.07) is 5.05. The Bertz CT molecular complexity index is 345. The fourth-order valence-electron chi connectivity index (χ4n) is 1.82. The van der Waals surface area contributed by atoms with Crippen LogP contribution in [-0.2, 0) is 0 Å². The van der Waals surface area contributed by atoms with Crippen LogP contribution in [0.15, 0.2) is 18.2 Å². The molecule has 1 fully saturated rings. The molecular weight excluding hydrogens is 209 g/mol. The van der Waals surface area contributed by atoms with E-state index in [-0.39, 0.29) is 5.82 Å². The Morgan fingerprint density at radius 2 is 2.27 bits per heavy atom. The Balaban J connectivity index is 2.15. The minimum Gasteiger partial charge on any atom is -0.301 e. The summed E-state index contributed by atoms with van der Waals surface area (Å²) in [4.78, 5) is 0. The van der Waals surface area contributed by atoms with E-state index in [1.165, 1.54) is 11.3 Å². The van der Waals surface area contributed by atoms with Gasteiger partial charge in [-0.1, -0.05) is 13.0 Å². The Labute approximate surface area is 94.5 Å². The van der Waals surface area contributed by atoms with Crippen LogP contribution < -0.4 is 5.32 Å². The van der Waals surface area contributed by atoms with Gasteiger partial charge in [0, 0.05) is 0 Å². The van der Waals surface area contributed by atoms with Crippen LogP contribution in [0.25, 0.3) is 0 Å². The van der Waals surface area contributed by atoms with Gasteiger partial charge in [-0.05, 0) is 48.4 Å². The molecule has 2 unspecified atom stereocenters. The summed E-state index contributed by atoms with van der Waals surface area (Å²) in [5, 5.41) is 3.82. The smallest absolute Gasteiger partial charge is 0.123 e. The van der Waals surface area contributed by atoms with Crippen LogP contribution in [0.5, 0.6) is 0 Å². The molecule has 2 rings (SSSR count). The monoisotopic (exact) mass is 225 g/mol. The average molecular weight is 225 g/mol. The third kappa shape index (κ3) is 2.52. The molecular formula is C12H16FNS. The molecule has 1 aliphatic rings. The first-order valence-electron chi connectivity index (χ1n) is 5.28. The molecule has 1 aliphatic heterocycles. The molecule has 0 radical (unpaired) electrons. The van der Waals surface area contributed by atoms with E-state index in [1.807, 2.05) is 24.8 Å². The molecule has 0 amide bonds. The van der Waals surface area contributed by atoms with Crippen molar-refractivity contribution in [3.05, 3.63) is 35.1 Å². The molecule has 0 saturated carbocycles. The lowest BCUT2D eigenvalue weighted by molar-refractivity contribution is 0.528. The minimum atomic E-state index is -0.148. The third-order valence-electron chi connectivity index (χ3n) is 2.71. The summed E-state index contributed by atoms with van der Waals surface area (Å²) in [6.45, 7) is 5.26. The highest BCUT2D eigenvalue weighted by Gasteiger charge is 2.20. The quantitative estimate of drug-likeness (QED) is 0.788. The maximum atomic E-state index is 12.9. The van der Waals surface area contributed by atoms with Crippen LogP contribution in [0.1, 0.15) is 23.4 Å². The number of thioether (sulfide) groups is 1. The molecule has 82 valence electrons. The molecule has 1 aromatic carbocycles. The lowest BCUT2D eigenvalue weighted by Crippen LogP contribution is -2.31. The second-order valence-electron chi connectivity index (χ2n) is 4.23. The Kier molecular flexibility index (Phi) is 3.32. The predicted octanol–water partition coefficient (Wildman–Crippen LogP) is 3.11. The lowest BCUT2D eigenvalue weighted by atomic mass is 10.1. The molecule has 1 heterocycles. The van der Waals surface area contributed by atoms with Gasteiger partial charge in [0.25, 0.3) is 0 Å². The van der Waals surface area contributed by atoms with Crippen LogP contribution in [0.4, 0.5) is 4.39 Å². The van der Waals surface area contributed by atoms with Crippen LogP contribution >= 0.6 is 11.8 Å². The van der Waals surface area contributed by atoms with Gasteiger partial charge in [-0.15, -0.1) is 11.8 Å². The van der Waals surface area contributed by atoms with Gasteiger partial charge in [-0.2, -0.15) is 0 Å². The van der Waals surface area contributed by atoms with E-state index in [0.717, 1.165) is 18.0 Å². The van der Waals surface area contributed by atoms with Gasteiger partial charge in [0.05, 0.1) is 5.37 Å². The van der Waals surface area contributed by atoms with E-state index in [0.29, 0.717) is 5.37 Å². The van der Waals surface area contributed by atoms with Gasteiger partial charge in [-0.25, -0.2) is 4.39 Å². The van der Waals surface area contributed by atoms with E-state index >= 15 is 0 Å². The van der Waals surface area contributed by atoms with E-state index < -0.39 is 0 Å². The SMILES string of the molecule is Cc1cc(F)ccc1C1NCC(C)CS1. The van der Waals surface area contributed by atoms with E-state index in [4.69, 9.17) is 0 Å². The van der Waals surface area contributed by atoms with Gasteiger partial charge in [-0.3, -0.25) is 0 Å². The van der Waals surface area contributed by atoms with E-state index in [9.17, 15) is 4.39 Å². The molecule has 1 saturated heterocycles. The summed E-state index contributed by atoms with van der Waals surface area (Å²) in [5.74, 6) is 1.76. The van der Waals surface area contributed by atoms with Crippen LogP contribution in [0.3, 0.4) is 0 Å². The zero-order valence-electron chi connectivity index (χ0n) is 9.09. The van der Waals surface area contributed by atoms with Crippen molar-refractivity contribution in [3.8, 4) is 0 Å². The molecule has 1 aromatic rings. The van der Waals surface area contributed by atoms with Crippen LogP contribution in [0.2, 0.25) is 0 Å². The fourth-order valence-corrected chi connectivity index (χ4v) is 3.12. The summed E-state index contributed by atoms with van der Waals surface area (Å²) in [6.07, 6.45) is 0. The normalized spacial score (nSPS) is 26.6. The Morgan fingerprint density at radius 1 is 1.47 bits per heavy atom. The summed E-state index contributed by atoms with van der Waals surface area (Å²) in [7, 11) is 0. The molecule has 0 aromatic heterocycles. The molecule has 1 nitrogen and oxygen atoms in total. The highest BCUT2D eigenvalue weighted by molar-refractivity contribution is 7.99. The largest absolute Gasteiger partial charge is 0.301 e. The molecule has 15 heavy (non-hydrogen) atoms. The fraction of sp³-hybridized carbons (Fsp3) is 0.500. The highest BCUT2D eigenvalue weighted by Crippen LogP contribution is 2.33. The zero-order valence-corrected chi connectivity index (χ0v) is 9.90. The first-order chi connectivity index (χ1) is 7.16. The zero-order chi connectivity index (χ0) is 10.8. The standard InChI is InChI=1S/C12H16FNS/c1-8-6-14-12(15-7-8)11-4-3-10(13)5-9(11)2/h3-5,8,12,14H,6-7H2,1-2H3. The van der Waals surface area contributed by atoms with Crippen molar-refractivity contribution in [3.63, 3.8) is 0 Å². The van der Waals surface area contributed by atoms with Gasteiger partial charge >= 0.3 is 0 Å². The Hall–Kier alpha value is -0.540. The maximum absolute atomic E-state index is 12.9. The highest BCUT2D eigenvalue weighted by atomic mass is 32.2. The first-order valence-corrected chi connectivity index (χ1v) is 6.32. The molecule has 2 atom stereocenters. The lowest BCUT2D eigenvalue weighted by Gasteiger charge is -2.28. The molecule has 0 bridgehead atoms. The van der Waals surface area contributed by atoms with Crippen molar-refractivity contribution < 1.29 is 4.39 Å². The number of aryl methyl sites for hydroxylation is 1. The minimum absolute atomic E-state index is 0.148. The van der Waals surface area contributed by atoms with Gasteiger partial charge < -0.3 is 5.32 Å².